The second-order valence-corrected chi connectivity index (χ2v) is 5.11. The quantitative estimate of drug-likeness (QED) is 0.682. The van der Waals surface area contributed by atoms with Crippen molar-refractivity contribution in [2.45, 2.75) is 26.2 Å². The summed E-state index contributed by atoms with van der Waals surface area (Å²) in [6.07, 6.45) is 12.3. The van der Waals surface area contributed by atoms with Gasteiger partial charge in [-0.15, -0.1) is 0 Å². The van der Waals surface area contributed by atoms with E-state index in [1.54, 1.807) is 0 Å². The Bertz CT molecular complexity index is 398. The molecule has 2 nitrogen and oxygen atoms in total. The maximum Gasteiger partial charge on any atom is 0.316 e. The molecule has 0 radical (unpaired) electrons. The van der Waals surface area contributed by atoms with E-state index in [0.717, 1.165) is 11.8 Å². The first-order valence-corrected chi connectivity index (χ1v) is 6.56. The van der Waals surface area contributed by atoms with Gasteiger partial charge in [-0.05, 0) is 49.2 Å². The maximum absolute atomic E-state index is 11.7. The molecular weight excluding hydrogens is 212 g/mol. The summed E-state index contributed by atoms with van der Waals surface area (Å²) in [7, 11) is 0. The minimum absolute atomic E-state index is 0.131. The first kappa shape index (κ1) is 10.8. The Morgan fingerprint density at radius 3 is 2.35 bits per heavy atom. The average molecular weight is 230 g/mol. The van der Waals surface area contributed by atoms with Crippen molar-refractivity contribution in [3.63, 3.8) is 0 Å². The molecule has 2 heteroatoms. The van der Waals surface area contributed by atoms with E-state index in [0.29, 0.717) is 6.61 Å². The van der Waals surface area contributed by atoms with Crippen molar-refractivity contribution in [2.75, 3.05) is 6.61 Å². The lowest BCUT2D eigenvalue weighted by Crippen LogP contribution is -2.13. The smallest absolute Gasteiger partial charge is 0.316 e. The van der Waals surface area contributed by atoms with Crippen molar-refractivity contribution in [2.24, 2.45) is 17.8 Å². The van der Waals surface area contributed by atoms with E-state index in [4.69, 9.17) is 4.74 Å². The van der Waals surface area contributed by atoms with Gasteiger partial charge in [0.1, 0.15) is 0 Å². The zero-order valence-corrected chi connectivity index (χ0v) is 10.2. The fourth-order valence-corrected chi connectivity index (χ4v) is 3.36. The molecule has 0 aromatic rings. The minimum Gasteiger partial charge on any atom is -0.465 e. The molecule has 3 aliphatic rings. The van der Waals surface area contributed by atoms with Crippen LogP contribution in [0.2, 0.25) is 0 Å². The van der Waals surface area contributed by atoms with Gasteiger partial charge in [0, 0.05) is 0 Å². The Morgan fingerprint density at radius 2 is 1.82 bits per heavy atom. The molecule has 0 saturated heterocycles. The second kappa shape index (κ2) is 4.17. The predicted molar refractivity (Wildman–Crippen MR) is 66.3 cm³/mol. The summed E-state index contributed by atoms with van der Waals surface area (Å²) in [5.41, 5.74) is 2.95. The fraction of sp³-hybridized carbons (Fsp3) is 0.533. The van der Waals surface area contributed by atoms with E-state index >= 15 is 0 Å². The Hall–Kier alpha value is -1.31. The largest absolute Gasteiger partial charge is 0.465 e. The summed E-state index contributed by atoms with van der Waals surface area (Å²) >= 11 is 0. The molecule has 0 aromatic carbocycles. The van der Waals surface area contributed by atoms with Gasteiger partial charge >= 0.3 is 5.97 Å². The molecule has 0 amide bonds. The summed E-state index contributed by atoms with van der Waals surface area (Å²) in [4.78, 5) is 11.7. The SMILES string of the molecule is CCOC(=O)C1C=CC2=C(C=C1)C1CCC2C1. The summed E-state index contributed by atoms with van der Waals surface area (Å²) in [6.45, 7) is 2.30. The highest BCUT2D eigenvalue weighted by Gasteiger charge is 2.37. The van der Waals surface area contributed by atoms with Crippen molar-refractivity contribution in [3.8, 4) is 0 Å². The van der Waals surface area contributed by atoms with Gasteiger partial charge in [0.05, 0.1) is 12.5 Å². The molecule has 0 heterocycles. The summed E-state index contributed by atoms with van der Waals surface area (Å²) in [5, 5.41) is 0. The van der Waals surface area contributed by atoms with Crippen molar-refractivity contribution in [1.29, 1.82) is 0 Å². The number of allylic oxidation sites excluding steroid dienone is 4. The third kappa shape index (κ3) is 1.76. The molecule has 2 bridgehead atoms. The minimum atomic E-state index is -0.194. The lowest BCUT2D eigenvalue weighted by atomic mass is 9.92. The molecule has 17 heavy (non-hydrogen) atoms. The number of hydrogen-bond donors (Lipinski definition) is 0. The number of carbonyl (C=O) groups is 1. The van der Waals surface area contributed by atoms with E-state index in [1.807, 2.05) is 19.1 Å². The van der Waals surface area contributed by atoms with Crippen LogP contribution < -0.4 is 0 Å². The Morgan fingerprint density at radius 1 is 1.24 bits per heavy atom. The monoisotopic (exact) mass is 230 g/mol. The molecule has 1 fully saturated rings. The zero-order valence-electron chi connectivity index (χ0n) is 10.2. The van der Waals surface area contributed by atoms with Crippen molar-refractivity contribution < 1.29 is 9.53 Å². The highest BCUT2D eigenvalue weighted by Crippen LogP contribution is 2.50. The van der Waals surface area contributed by atoms with Gasteiger partial charge in [0.15, 0.2) is 0 Å². The number of esters is 1. The Balaban J connectivity index is 1.82. The van der Waals surface area contributed by atoms with Crippen LogP contribution in [0.15, 0.2) is 35.5 Å². The molecule has 90 valence electrons. The van der Waals surface area contributed by atoms with Gasteiger partial charge in [-0.2, -0.15) is 0 Å². The number of carbonyl (C=O) groups excluding carboxylic acids is 1. The van der Waals surface area contributed by atoms with E-state index in [1.165, 1.54) is 30.4 Å². The van der Waals surface area contributed by atoms with Crippen molar-refractivity contribution in [1.82, 2.24) is 0 Å². The number of rotatable bonds is 2. The molecule has 0 aromatic heterocycles. The lowest BCUT2D eigenvalue weighted by molar-refractivity contribution is -0.144. The highest BCUT2D eigenvalue weighted by molar-refractivity contribution is 5.77. The van der Waals surface area contributed by atoms with Crippen molar-refractivity contribution in [3.05, 3.63) is 35.5 Å². The van der Waals surface area contributed by atoms with Crippen LogP contribution in [0, 0.1) is 17.8 Å². The van der Waals surface area contributed by atoms with Gasteiger partial charge in [0.2, 0.25) is 0 Å². The standard InChI is InChI=1S/C15H18O2/c1-2-17-15(16)10-5-7-13-11-3-4-12(9-11)14(13)8-6-10/h5-8,10-12H,2-4,9H2,1H3. The summed E-state index contributed by atoms with van der Waals surface area (Å²) in [5.74, 6) is 1.17. The van der Waals surface area contributed by atoms with E-state index in [2.05, 4.69) is 12.2 Å². The molecule has 3 aliphatic carbocycles. The van der Waals surface area contributed by atoms with Crippen LogP contribution in [0.3, 0.4) is 0 Å². The number of hydrogen-bond acceptors (Lipinski definition) is 2. The molecule has 1 saturated carbocycles. The zero-order chi connectivity index (χ0) is 11.8. The first-order valence-electron chi connectivity index (χ1n) is 6.56. The summed E-state index contributed by atoms with van der Waals surface area (Å²) < 4.78 is 5.07. The summed E-state index contributed by atoms with van der Waals surface area (Å²) in [6, 6.07) is 0. The van der Waals surface area contributed by atoms with E-state index in [9.17, 15) is 4.79 Å². The Kier molecular flexibility index (Phi) is 2.65. The van der Waals surface area contributed by atoms with Crippen LogP contribution in [0.4, 0.5) is 0 Å². The third-order valence-electron chi connectivity index (χ3n) is 4.17. The molecule has 2 unspecified atom stereocenters. The van der Waals surface area contributed by atoms with Crippen LogP contribution in [-0.4, -0.2) is 12.6 Å². The van der Waals surface area contributed by atoms with Gasteiger partial charge < -0.3 is 4.74 Å². The average Bonchev–Trinajstić information content (AvgIpc) is 2.84. The van der Waals surface area contributed by atoms with Crippen LogP contribution in [-0.2, 0) is 9.53 Å². The molecule has 0 spiro atoms. The van der Waals surface area contributed by atoms with Crippen LogP contribution in [0.25, 0.3) is 0 Å². The van der Waals surface area contributed by atoms with E-state index in [-0.39, 0.29) is 11.9 Å². The van der Waals surface area contributed by atoms with Crippen LogP contribution in [0.1, 0.15) is 26.2 Å². The fourth-order valence-electron chi connectivity index (χ4n) is 3.36. The van der Waals surface area contributed by atoms with E-state index < -0.39 is 0 Å². The molecular formula is C15H18O2. The molecule has 0 N–H and O–H groups in total. The Labute approximate surface area is 102 Å². The van der Waals surface area contributed by atoms with Gasteiger partial charge in [-0.1, -0.05) is 24.3 Å². The molecule has 0 aliphatic heterocycles. The topological polar surface area (TPSA) is 26.3 Å². The maximum atomic E-state index is 11.7. The van der Waals surface area contributed by atoms with Crippen LogP contribution >= 0.6 is 0 Å². The van der Waals surface area contributed by atoms with Crippen LogP contribution in [0.5, 0.6) is 0 Å². The first-order chi connectivity index (χ1) is 8.29. The van der Waals surface area contributed by atoms with Gasteiger partial charge in [-0.3, -0.25) is 4.79 Å². The lowest BCUT2D eigenvalue weighted by Gasteiger charge is -2.13. The number of fused-ring (bicyclic) bond motifs is 4. The van der Waals surface area contributed by atoms with Gasteiger partial charge in [-0.25, -0.2) is 0 Å². The second-order valence-electron chi connectivity index (χ2n) is 5.11. The van der Waals surface area contributed by atoms with Crippen molar-refractivity contribution >= 4 is 5.97 Å². The van der Waals surface area contributed by atoms with Gasteiger partial charge in [0.25, 0.3) is 0 Å². The number of ether oxygens (including phenoxy) is 1. The molecule has 3 rings (SSSR count). The predicted octanol–water partition coefficient (Wildman–Crippen LogP) is 3.02. The normalized spacial score (nSPS) is 33.8. The third-order valence-corrected chi connectivity index (χ3v) is 4.17. The molecule has 2 atom stereocenters. The highest BCUT2D eigenvalue weighted by atomic mass is 16.5.